The molecule has 0 aromatic heterocycles. The van der Waals surface area contributed by atoms with Crippen LogP contribution in [0.25, 0.3) is 0 Å². The van der Waals surface area contributed by atoms with Crippen LogP contribution in [0.4, 0.5) is 0 Å². The Balaban J connectivity index is 3.22. The minimum atomic E-state index is -0.142. The Bertz CT molecular complexity index is 53.6. The van der Waals surface area contributed by atoms with Crippen molar-refractivity contribution in [2.24, 2.45) is 0 Å². The van der Waals surface area contributed by atoms with Crippen LogP contribution in [0.3, 0.4) is 0 Å². The summed E-state index contributed by atoms with van der Waals surface area (Å²) in [6, 6.07) is 0. The van der Waals surface area contributed by atoms with Crippen LogP contribution in [0.1, 0.15) is 40.5 Å². The first-order chi connectivity index (χ1) is 4.20. The van der Waals surface area contributed by atoms with Crippen molar-refractivity contribution in [3.63, 3.8) is 0 Å². The van der Waals surface area contributed by atoms with E-state index in [2.05, 4.69) is 27.7 Å². The molecule has 0 aliphatic rings. The predicted molar refractivity (Wildman–Crippen MR) is 45.2 cm³/mol. The van der Waals surface area contributed by atoms with Gasteiger partial charge in [-0.05, 0) is 0 Å². The molecule has 0 aliphatic carbocycles. The van der Waals surface area contributed by atoms with Crippen molar-refractivity contribution >= 4 is 33.8 Å². The van der Waals surface area contributed by atoms with Gasteiger partial charge in [0.05, 0.1) is 0 Å². The summed E-state index contributed by atoms with van der Waals surface area (Å²) in [7, 11) is 0. The molecule has 0 radical (unpaired) electrons. The molecule has 0 aliphatic heterocycles. The molecule has 0 saturated carbocycles. The fourth-order valence-electron chi connectivity index (χ4n) is 1.02. The van der Waals surface area contributed by atoms with E-state index in [1.165, 1.54) is 12.8 Å². The average Bonchev–Trinajstić information content (AvgIpc) is 1.87. The summed E-state index contributed by atoms with van der Waals surface area (Å²) < 4.78 is 2.24. The molecule has 2 unspecified atom stereocenters. The van der Waals surface area contributed by atoms with Crippen LogP contribution in [0.5, 0.6) is 0 Å². The predicted octanol–water partition coefficient (Wildman–Crippen LogP) is 3.13. The van der Waals surface area contributed by atoms with Crippen molar-refractivity contribution in [2.45, 2.75) is 44.6 Å². The van der Waals surface area contributed by atoms with Gasteiger partial charge in [0.25, 0.3) is 0 Å². The van der Waals surface area contributed by atoms with Gasteiger partial charge in [-0.15, -0.1) is 0 Å². The first kappa shape index (κ1) is 10.3. The molecule has 1 heteroatoms. The Hall–Kier alpha value is 1.26. The van der Waals surface area contributed by atoms with E-state index in [1.807, 2.05) is 0 Å². The van der Waals surface area contributed by atoms with Crippen molar-refractivity contribution in [2.75, 3.05) is 0 Å². The van der Waals surface area contributed by atoms with E-state index in [1.54, 1.807) is 0 Å². The summed E-state index contributed by atoms with van der Waals surface area (Å²) in [6.07, 6.45) is 2.84. The fourth-order valence-corrected chi connectivity index (χ4v) is 4.21. The fraction of sp³-hybridized carbons (Fsp3) is 1.00. The number of hydrogen-bond acceptors (Lipinski definition) is 0. The van der Waals surface area contributed by atoms with Gasteiger partial charge in [0.1, 0.15) is 0 Å². The third-order valence-corrected chi connectivity index (χ3v) is 6.51. The topological polar surface area (TPSA) is 0 Å². The summed E-state index contributed by atoms with van der Waals surface area (Å²) >= 11 is -0.142. The van der Waals surface area contributed by atoms with E-state index >= 15 is 0 Å². The molecule has 0 amide bonds. The molecule has 0 nitrogen and oxygen atoms in total. The van der Waals surface area contributed by atoms with Crippen LogP contribution >= 0.6 is 0 Å². The summed E-state index contributed by atoms with van der Waals surface area (Å²) in [6.45, 7) is 9.48. The molecule has 0 N–H and O–H groups in total. The Morgan fingerprint density at radius 1 is 1.00 bits per heavy atom. The second-order valence-electron chi connectivity index (χ2n) is 3.26. The van der Waals surface area contributed by atoms with Gasteiger partial charge in [0.15, 0.2) is 0 Å². The molecular formula is C8H18Ca. The maximum absolute atomic E-state index is 2.42. The van der Waals surface area contributed by atoms with Crippen molar-refractivity contribution < 1.29 is 0 Å². The number of hydrogen-bond donors (Lipinski definition) is 0. The summed E-state index contributed by atoms with van der Waals surface area (Å²) in [5.74, 6) is 0. The second kappa shape index (κ2) is 6.00. The van der Waals surface area contributed by atoms with E-state index in [0.29, 0.717) is 0 Å². The summed E-state index contributed by atoms with van der Waals surface area (Å²) in [5.41, 5.74) is 0. The third-order valence-electron chi connectivity index (χ3n) is 2.20. The van der Waals surface area contributed by atoms with Crippen LogP contribution < -0.4 is 0 Å². The molecule has 0 aromatic rings. The van der Waals surface area contributed by atoms with Crippen LogP contribution in [0.15, 0.2) is 0 Å². The van der Waals surface area contributed by atoms with Crippen molar-refractivity contribution in [3.8, 4) is 0 Å². The van der Waals surface area contributed by atoms with Gasteiger partial charge < -0.3 is 0 Å². The minimum absolute atomic E-state index is 0.142. The molecule has 0 fully saturated rings. The molecule has 2 atom stereocenters. The van der Waals surface area contributed by atoms with Crippen LogP contribution in [-0.4, -0.2) is 33.8 Å². The first-order valence-electron chi connectivity index (χ1n) is 4.20. The second-order valence-corrected chi connectivity index (χ2v) is 8.35. The molecule has 0 bridgehead atoms. The van der Waals surface area contributed by atoms with E-state index < -0.39 is 0 Å². The zero-order valence-corrected chi connectivity index (χ0v) is 9.48. The van der Waals surface area contributed by atoms with Gasteiger partial charge in [-0.1, -0.05) is 0 Å². The zero-order valence-electron chi connectivity index (χ0n) is 7.28. The molecule has 0 rings (SSSR count). The van der Waals surface area contributed by atoms with Crippen LogP contribution in [0.2, 0.25) is 4.03 Å². The van der Waals surface area contributed by atoms with Crippen molar-refractivity contribution in [3.05, 3.63) is 0 Å². The molecule has 9 heavy (non-hydrogen) atoms. The quantitative estimate of drug-likeness (QED) is 0.546. The zero-order chi connectivity index (χ0) is 7.28. The van der Waals surface area contributed by atoms with Gasteiger partial charge in [0.2, 0.25) is 0 Å². The monoisotopic (exact) mass is 154 g/mol. The van der Waals surface area contributed by atoms with E-state index in [4.69, 9.17) is 0 Å². The molecule has 0 saturated heterocycles. The Morgan fingerprint density at radius 2 is 1.33 bits per heavy atom. The van der Waals surface area contributed by atoms with Gasteiger partial charge in [-0.2, -0.15) is 0 Å². The van der Waals surface area contributed by atoms with Crippen LogP contribution in [0, 0.1) is 0 Å². The Morgan fingerprint density at radius 3 is 1.56 bits per heavy atom. The van der Waals surface area contributed by atoms with Crippen molar-refractivity contribution in [1.82, 2.24) is 0 Å². The average molecular weight is 154 g/mol. The van der Waals surface area contributed by atoms with Gasteiger partial charge in [-0.25, -0.2) is 0 Å². The molecule has 0 spiro atoms. The first-order valence-corrected chi connectivity index (χ1v) is 6.75. The van der Waals surface area contributed by atoms with Gasteiger partial charge in [-0.3, -0.25) is 0 Å². The third kappa shape index (κ3) is 5.69. The molecular weight excluding hydrogens is 136 g/mol. The van der Waals surface area contributed by atoms with E-state index in [-0.39, 0.29) is 33.8 Å². The van der Waals surface area contributed by atoms with Crippen LogP contribution in [-0.2, 0) is 0 Å². The van der Waals surface area contributed by atoms with Gasteiger partial charge >= 0.3 is 78.4 Å². The Kier molecular flexibility index (Phi) is 6.84. The molecule has 0 aromatic carbocycles. The van der Waals surface area contributed by atoms with E-state index in [9.17, 15) is 0 Å². The Labute approximate surface area is 77.7 Å². The molecule has 0 heterocycles. The van der Waals surface area contributed by atoms with Gasteiger partial charge in [0, 0.05) is 0 Å². The summed E-state index contributed by atoms with van der Waals surface area (Å²) in [4.78, 5) is 0. The molecule has 52 valence electrons. The maximum atomic E-state index is 2.42. The van der Waals surface area contributed by atoms with Crippen molar-refractivity contribution in [1.29, 1.82) is 0 Å². The normalized spacial score (nSPS) is 16.4. The SMILES string of the molecule is CC[CH](C)[Ca][CH](C)CC. The van der Waals surface area contributed by atoms with E-state index in [0.717, 1.165) is 4.03 Å². The number of rotatable bonds is 4. The summed E-state index contributed by atoms with van der Waals surface area (Å²) in [5, 5.41) is 0. The standard InChI is InChI=1S/2C4H9.Ca/c2*1-3-4-2;/h2*3H,4H2,1-2H3;.